The van der Waals surface area contributed by atoms with Crippen LogP contribution in [0.4, 0.5) is 0 Å². The largest absolute Gasteiger partial charge is 0.481 e. The number of carbonyl (C=O) groups excluding carboxylic acids is 1. The number of carbonyl (C=O) groups is 1. The van der Waals surface area contributed by atoms with Gasteiger partial charge in [-0.2, -0.15) is 5.26 Å². The van der Waals surface area contributed by atoms with Gasteiger partial charge in [0.25, 0.3) is 0 Å². The lowest BCUT2D eigenvalue weighted by atomic mass is 10.0. The second-order valence-corrected chi connectivity index (χ2v) is 5.55. The van der Waals surface area contributed by atoms with Crippen LogP contribution in [0.25, 0.3) is 0 Å². The fourth-order valence-electron chi connectivity index (χ4n) is 2.06. The summed E-state index contributed by atoms with van der Waals surface area (Å²) in [5.74, 6) is 0.770. The molecule has 0 aliphatic rings. The Kier molecular flexibility index (Phi) is 5.37. The van der Waals surface area contributed by atoms with Crippen molar-refractivity contribution in [2.75, 3.05) is 6.61 Å². The van der Waals surface area contributed by atoms with Gasteiger partial charge in [-0.25, -0.2) is 4.79 Å². The lowest BCUT2D eigenvalue weighted by Crippen LogP contribution is -2.18. The van der Waals surface area contributed by atoms with Gasteiger partial charge in [-0.3, -0.25) is 0 Å². The van der Waals surface area contributed by atoms with Crippen molar-refractivity contribution >= 4 is 5.97 Å². The fourth-order valence-corrected chi connectivity index (χ4v) is 2.06. The number of benzene rings is 2. The molecule has 2 aromatic rings. The normalized spacial score (nSPS) is 10.2. The van der Waals surface area contributed by atoms with E-state index in [2.05, 4.69) is 13.8 Å². The first kappa shape index (κ1) is 16.6. The van der Waals surface area contributed by atoms with Crippen molar-refractivity contribution in [2.24, 2.45) is 0 Å². The Morgan fingerprint density at radius 3 is 2.61 bits per heavy atom. The molecule has 0 saturated heterocycles. The highest BCUT2D eigenvalue weighted by Crippen LogP contribution is 2.24. The van der Waals surface area contributed by atoms with Crippen LogP contribution in [0.5, 0.6) is 11.5 Å². The van der Waals surface area contributed by atoms with E-state index in [0.29, 0.717) is 23.0 Å². The first-order chi connectivity index (χ1) is 11.0. The monoisotopic (exact) mass is 309 g/mol. The maximum atomic E-state index is 12.0. The van der Waals surface area contributed by atoms with Crippen molar-refractivity contribution in [3.63, 3.8) is 0 Å². The Morgan fingerprint density at radius 2 is 1.91 bits per heavy atom. The highest BCUT2D eigenvalue weighted by molar-refractivity contribution is 5.74. The zero-order valence-electron chi connectivity index (χ0n) is 13.5. The van der Waals surface area contributed by atoms with Gasteiger partial charge in [0, 0.05) is 0 Å². The molecule has 0 atom stereocenters. The number of aryl methyl sites for hydroxylation is 1. The van der Waals surface area contributed by atoms with Gasteiger partial charge < -0.3 is 9.47 Å². The molecule has 0 bridgehead atoms. The van der Waals surface area contributed by atoms with E-state index < -0.39 is 5.97 Å². The van der Waals surface area contributed by atoms with Crippen molar-refractivity contribution in [1.82, 2.24) is 0 Å². The van der Waals surface area contributed by atoms with Crippen molar-refractivity contribution in [3.8, 4) is 17.6 Å². The molecular formula is C19H19NO3. The van der Waals surface area contributed by atoms with Crippen molar-refractivity contribution < 1.29 is 14.3 Å². The van der Waals surface area contributed by atoms with Crippen molar-refractivity contribution in [3.05, 3.63) is 59.2 Å². The SMILES string of the molecule is Cc1ccc(C(C)C)cc1OC(=O)COc1ccccc1C#N. The van der Waals surface area contributed by atoms with Crippen LogP contribution < -0.4 is 9.47 Å². The molecular weight excluding hydrogens is 290 g/mol. The Morgan fingerprint density at radius 1 is 1.17 bits per heavy atom. The van der Waals surface area contributed by atoms with E-state index in [1.165, 1.54) is 0 Å². The second-order valence-electron chi connectivity index (χ2n) is 5.55. The maximum absolute atomic E-state index is 12.0. The van der Waals surface area contributed by atoms with Crippen LogP contribution >= 0.6 is 0 Å². The predicted octanol–water partition coefficient (Wildman–Crippen LogP) is 3.97. The number of rotatable bonds is 5. The summed E-state index contributed by atoms with van der Waals surface area (Å²) in [5, 5.41) is 8.99. The third-order valence-corrected chi connectivity index (χ3v) is 3.46. The Hall–Kier alpha value is -2.80. The average molecular weight is 309 g/mol. The third kappa shape index (κ3) is 4.33. The lowest BCUT2D eigenvalue weighted by molar-refractivity contribution is -0.136. The molecule has 0 fully saturated rings. The summed E-state index contributed by atoms with van der Waals surface area (Å²) >= 11 is 0. The lowest BCUT2D eigenvalue weighted by Gasteiger charge is -2.12. The van der Waals surface area contributed by atoms with Crippen molar-refractivity contribution in [1.29, 1.82) is 5.26 Å². The minimum atomic E-state index is -0.498. The molecule has 0 N–H and O–H groups in total. The average Bonchev–Trinajstić information content (AvgIpc) is 2.55. The number of hydrogen-bond donors (Lipinski definition) is 0. The number of ether oxygens (including phenoxy) is 2. The summed E-state index contributed by atoms with van der Waals surface area (Å²) in [5.41, 5.74) is 2.38. The number of para-hydroxylation sites is 1. The molecule has 0 radical (unpaired) electrons. The van der Waals surface area contributed by atoms with E-state index in [4.69, 9.17) is 14.7 Å². The highest BCUT2D eigenvalue weighted by atomic mass is 16.6. The van der Waals surface area contributed by atoms with Crippen LogP contribution in [0, 0.1) is 18.3 Å². The molecule has 0 amide bonds. The molecule has 0 saturated carbocycles. The summed E-state index contributed by atoms with van der Waals surface area (Å²) in [6, 6.07) is 14.6. The molecule has 23 heavy (non-hydrogen) atoms. The standard InChI is InChI=1S/C19H19NO3/c1-13(2)15-9-8-14(3)18(10-15)23-19(21)12-22-17-7-5-4-6-16(17)11-20/h4-10,13H,12H2,1-3H3. The molecule has 0 heterocycles. The van der Waals surface area contributed by atoms with E-state index in [9.17, 15) is 4.79 Å². The van der Waals surface area contributed by atoms with Gasteiger partial charge in [-0.05, 0) is 42.2 Å². The summed E-state index contributed by atoms with van der Waals surface area (Å²) in [7, 11) is 0. The summed E-state index contributed by atoms with van der Waals surface area (Å²) in [6.45, 7) is 5.80. The number of nitriles is 1. The molecule has 0 aromatic heterocycles. The van der Waals surface area contributed by atoms with Crippen LogP contribution in [-0.2, 0) is 4.79 Å². The molecule has 4 heteroatoms. The zero-order valence-corrected chi connectivity index (χ0v) is 13.5. The van der Waals surface area contributed by atoms with E-state index in [1.807, 2.05) is 31.2 Å². The Labute approximate surface area is 136 Å². The second kappa shape index (κ2) is 7.46. The molecule has 0 spiro atoms. The minimum absolute atomic E-state index is 0.246. The van der Waals surface area contributed by atoms with Crippen LogP contribution in [-0.4, -0.2) is 12.6 Å². The predicted molar refractivity (Wildman–Crippen MR) is 87.6 cm³/mol. The van der Waals surface area contributed by atoms with Gasteiger partial charge in [0.2, 0.25) is 0 Å². The van der Waals surface area contributed by atoms with Gasteiger partial charge in [0.05, 0.1) is 5.56 Å². The number of hydrogen-bond acceptors (Lipinski definition) is 4. The molecule has 2 aromatic carbocycles. The minimum Gasteiger partial charge on any atom is -0.481 e. The van der Waals surface area contributed by atoms with Crippen LogP contribution in [0.1, 0.15) is 36.5 Å². The van der Waals surface area contributed by atoms with Crippen molar-refractivity contribution in [2.45, 2.75) is 26.7 Å². The smallest absolute Gasteiger partial charge is 0.349 e. The van der Waals surface area contributed by atoms with E-state index >= 15 is 0 Å². The first-order valence-corrected chi connectivity index (χ1v) is 7.44. The molecule has 0 aliphatic carbocycles. The van der Waals surface area contributed by atoms with Gasteiger partial charge >= 0.3 is 5.97 Å². The Balaban J connectivity index is 2.03. The zero-order chi connectivity index (χ0) is 16.8. The molecule has 0 aliphatic heterocycles. The van der Waals surface area contributed by atoms with E-state index in [1.54, 1.807) is 24.3 Å². The summed E-state index contributed by atoms with van der Waals surface area (Å²) < 4.78 is 10.8. The first-order valence-electron chi connectivity index (χ1n) is 7.44. The fraction of sp³-hybridized carbons (Fsp3) is 0.263. The Bertz CT molecular complexity index is 745. The quantitative estimate of drug-likeness (QED) is 0.619. The van der Waals surface area contributed by atoms with Gasteiger partial charge in [-0.15, -0.1) is 0 Å². The third-order valence-electron chi connectivity index (χ3n) is 3.46. The summed E-state index contributed by atoms with van der Waals surface area (Å²) in [6.07, 6.45) is 0. The van der Waals surface area contributed by atoms with E-state index in [0.717, 1.165) is 11.1 Å². The number of esters is 1. The summed E-state index contributed by atoms with van der Waals surface area (Å²) in [4.78, 5) is 12.0. The molecule has 2 rings (SSSR count). The van der Waals surface area contributed by atoms with Crippen LogP contribution in [0.2, 0.25) is 0 Å². The highest BCUT2D eigenvalue weighted by Gasteiger charge is 2.11. The van der Waals surface area contributed by atoms with E-state index in [-0.39, 0.29) is 6.61 Å². The molecule has 4 nitrogen and oxygen atoms in total. The van der Waals surface area contributed by atoms with Gasteiger partial charge in [0.15, 0.2) is 6.61 Å². The number of nitrogens with zero attached hydrogens (tertiary/aromatic N) is 1. The van der Waals surface area contributed by atoms with Crippen LogP contribution in [0.3, 0.4) is 0 Å². The van der Waals surface area contributed by atoms with Gasteiger partial charge in [0.1, 0.15) is 17.6 Å². The van der Waals surface area contributed by atoms with Gasteiger partial charge in [-0.1, -0.05) is 38.1 Å². The maximum Gasteiger partial charge on any atom is 0.349 e. The molecule has 0 unspecified atom stereocenters. The topological polar surface area (TPSA) is 59.3 Å². The van der Waals surface area contributed by atoms with Crippen LogP contribution in [0.15, 0.2) is 42.5 Å². The molecule has 118 valence electrons.